The SMILES string of the molecule is CC(C)n1cnc2c(Nc3cccc(NC(=O)CCc4ccccc4)c3)nc(NC3CCC(O)CC3)nc21. The van der Waals surface area contributed by atoms with Gasteiger partial charge in [0.25, 0.3) is 0 Å². The molecule has 4 aromatic rings. The highest BCUT2D eigenvalue weighted by Crippen LogP contribution is 2.28. The van der Waals surface area contributed by atoms with E-state index in [2.05, 4.69) is 34.8 Å². The summed E-state index contributed by atoms with van der Waals surface area (Å²) in [5.74, 6) is 1.10. The fourth-order valence-corrected chi connectivity index (χ4v) is 4.79. The summed E-state index contributed by atoms with van der Waals surface area (Å²) in [4.78, 5) is 26.7. The van der Waals surface area contributed by atoms with Crippen molar-refractivity contribution >= 4 is 40.2 Å². The molecular weight excluding hydrogens is 478 g/mol. The van der Waals surface area contributed by atoms with Gasteiger partial charge in [-0.2, -0.15) is 9.97 Å². The van der Waals surface area contributed by atoms with Crippen LogP contribution in [0.3, 0.4) is 0 Å². The molecule has 38 heavy (non-hydrogen) atoms. The number of nitrogens with one attached hydrogen (secondary N) is 3. The highest BCUT2D eigenvalue weighted by molar-refractivity contribution is 5.92. The van der Waals surface area contributed by atoms with Gasteiger partial charge in [0.15, 0.2) is 17.0 Å². The molecule has 1 aliphatic carbocycles. The Morgan fingerprint density at radius 2 is 1.79 bits per heavy atom. The number of benzene rings is 2. The summed E-state index contributed by atoms with van der Waals surface area (Å²) < 4.78 is 2.03. The van der Waals surface area contributed by atoms with Crippen LogP contribution in [-0.2, 0) is 11.2 Å². The lowest BCUT2D eigenvalue weighted by Gasteiger charge is -2.26. The lowest BCUT2D eigenvalue weighted by Crippen LogP contribution is -2.29. The predicted molar refractivity (Wildman–Crippen MR) is 151 cm³/mol. The van der Waals surface area contributed by atoms with E-state index in [1.54, 1.807) is 6.33 Å². The molecule has 1 aliphatic rings. The maximum atomic E-state index is 12.6. The summed E-state index contributed by atoms with van der Waals surface area (Å²) in [5, 5.41) is 19.7. The molecule has 0 unspecified atom stereocenters. The van der Waals surface area contributed by atoms with Crippen LogP contribution in [0.25, 0.3) is 11.2 Å². The van der Waals surface area contributed by atoms with Crippen molar-refractivity contribution < 1.29 is 9.90 Å². The lowest BCUT2D eigenvalue weighted by atomic mass is 9.93. The van der Waals surface area contributed by atoms with Crippen molar-refractivity contribution in [1.82, 2.24) is 19.5 Å². The summed E-state index contributed by atoms with van der Waals surface area (Å²) in [7, 11) is 0. The second kappa shape index (κ2) is 11.6. The predicted octanol–water partition coefficient (Wildman–Crippen LogP) is 5.44. The van der Waals surface area contributed by atoms with Crippen molar-refractivity contribution in [2.45, 2.75) is 70.6 Å². The van der Waals surface area contributed by atoms with Gasteiger partial charge in [0, 0.05) is 29.9 Å². The van der Waals surface area contributed by atoms with Crippen LogP contribution in [0.15, 0.2) is 60.9 Å². The van der Waals surface area contributed by atoms with Gasteiger partial charge in [-0.15, -0.1) is 0 Å². The van der Waals surface area contributed by atoms with Crippen LogP contribution in [0.4, 0.5) is 23.1 Å². The molecule has 4 N–H and O–H groups in total. The lowest BCUT2D eigenvalue weighted by molar-refractivity contribution is -0.116. The second-order valence-electron chi connectivity index (χ2n) is 10.2. The molecule has 0 radical (unpaired) electrons. The molecule has 9 nitrogen and oxygen atoms in total. The summed E-state index contributed by atoms with van der Waals surface area (Å²) in [5.41, 5.74) is 4.07. The molecular formula is C29H35N7O2. The third-order valence-corrected chi connectivity index (χ3v) is 6.90. The van der Waals surface area contributed by atoms with Crippen molar-refractivity contribution in [3.63, 3.8) is 0 Å². The molecule has 1 fully saturated rings. The van der Waals surface area contributed by atoms with E-state index in [1.165, 1.54) is 0 Å². The van der Waals surface area contributed by atoms with Gasteiger partial charge in [-0.3, -0.25) is 4.79 Å². The van der Waals surface area contributed by atoms with E-state index >= 15 is 0 Å². The fraction of sp³-hybridized carbons (Fsp3) is 0.379. The first-order chi connectivity index (χ1) is 18.4. The number of aryl methyl sites for hydroxylation is 1. The zero-order valence-corrected chi connectivity index (χ0v) is 21.9. The van der Waals surface area contributed by atoms with E-state index in [1.807, 2.05) is 59.2 Å². The minimum absolute atomic E-state index is 0.0322. The minimum atomic E-state index is -0.220. The number of amides is 1. The molecule has 0 aliphatic heterocycles. The summed E-state index contributed by atoms with van der Waals surface area (Å²) in [6.45, 7) is 4.19. The molecule has 198 valence electrons. The Bertz CT molecular complexity index is 1380. The molecule has 2 heterocycles. The fourth-order valence-electron chi connectivity index (χ4n) is 4.79. The van der Waals surface area contributed by atoms with Crippen LogP contribution in [0, 0.1) is 0 Å². The zero-order valence-electron chi connectivity index (χ0n) is 21.9. The van der Waals surface area contributed by atoms with Crippen molar-refractivity contribution in [3.05, 3.63) is 66.5 Å². The molecule has 2 aromatic carbocycles. The van der Waals surface area contributed by atoms with Gasteiger partial charge in [0.05, 0.1) is 12.4 Å². The third-order valence-electron chi connectivity index (χ3n) is 6.90. The van der Waals surface area contributed by atoms with Crippen LogP contribution in [-0.4, -0.2) is 42.7 Å². The first kappa shape index (κ1) is 25.7. The van der Waals surface area contributed by atoms with Gasteiger partial charge < -0.3 is 25.6 Å². The molecule has 1 saturated carbocycles. The zero-order chi connectivity index (χ0) is 26.5. The van der Waals surface area contributed by atoms with E-state index in [0.29, 0.717) is 35.8 Å². The molecule has 2 aromatic heterocycles. The number of fused-ring (bicyclic) bond motifs is 1. The van der Waals surface area contributed by atoms with Crippen molar-refractivity contribution in [3.8, 4) is 0 Å². The number of aliphatic hydroxyl groups excluding tert-OH is 1. The van der Waals surface area contributed by atoms with E-state index in [-0.39, 0.29) is 24.1 Å². The number of imidazole rings is 1. The standard InChI is InChI=1S/C29H35N7O2/c1-19(2)36-18-30-26-27(34-29(35-28(26)36)33-21-12-14-24(37)15-13-21)32-23-10-6-9-22(17-23)31-25(38)16-11-20-7-4-3-5-8-20/h3-10,17-19,21,24,37H,11-16H2,1-2H3,(H,31,38)(H2,32,33,34,35). The van der Waals surface area contributed by atoms with Crippen LogP contribution < -0.4 is 16.0 Å². The number of carbonyl (C=O) groups is 1. The average molecular weight is 514 g/mol. The van der Waals surface area contributed by atoms with Gasteiger partial charge in [0.2, 0.25) is 11.9 Å². The summed E-state index contributed by atoms with van der Waals surface area (Å²) >= 11 is 0. The van der Waals surface area contributed by atoms with Gasteiger partial charge in [-0.25, -0.2) is 4.98 Å². The minimum Gasteiger partial charge on any atom is -0.393 e. The summed E-state index contributed by atoms with van der Waals surface area (Å²) in [6, 6.07) is 18.0. The summed E-state index contributed by atoms with van der Waals surface area (Å²) in [6.07, 6.45) is 5.98. The molecule has 0 bridgehead atoms. The molecule has 5 rings (SSSR count). The first-order valence-corrected chi connectivity index (χ1v) is 13.3. The largest absolute Gasteiger partial charge is 0.393 e. The number of nitrogens with zero attached hydrogens (tertiary/aromatic N) is 4. The molecule has 0 atom stereocenters. The topological polar surface area (TPSA) is 117 Å². The Hall–Kier alpha value is -3.98. The number of anilines is 4. The molecule has 0 spiro atoms. The van der Waals surface area contributed by atoms with E-state index in [0.717, 1.165) is 42.6 Å². The van der Waals surface area contributed by atoms with Crippen LogP contribution >= 0.6 is 0 Å². The normalized spacial score (nSPS) is 17.5. The number of aliphatic hydroxyl groups is 1. The Balaban J connectivity index is 1.33. The molecule has 9 heteroatoms. The average Bonchev–Trinajstić information content (AvgIpc) is 3.34. The van der Waals surface area contributed by atoms with Gasteiger partial charge in [0.1, 0.15) is 0 Å². The number of hydrogen-bond donors (Lipinski definition) is 4. The van der Waals surface area contributed by atoms with Gasteiger partial charge in [-0.05, 0) is 69.7 Å². The van der Waals surface area contributed by atoms with Gasteiger partial charge >= 0.3 is 0 Å². The monoisotopic (exact) mass is 513 g/mol. The Morgan fingerprint density at radius 1 is 1.03 bits per heavy atom. The van der Waals surface area contributed by atoms with E-state index in [9.17, 15) is 9.90 Å². The smallest absolute Gasteiger partial charge is 0.227 e. The van der Waals surface area contributed by atoms with Crippen molar-refractivity contribution in [2.75, 3.05) is 16.0 Å². The number of aromatic nitrogens is 4. The highest BCUT2D eigenvalue weighted by Gasteiger charge is 2.22. The molecule has 1 amide bonds. The maximum Gasteiger partial charge on any atom is 0.227 e. The van der Waals surface area contributed by atoms with E-state index in [4.69, 9.17) is 9.97 Å². The van der Waals surface area contributed by atoms with Crippen molar-refractivity contribution in [2.24, 2.45) is 0 Å². The van der Waals surface area contributed by atoms with Crippen LogP contribution in [0.5, 0.6) is 0 Å². The van der Waals surface area contributed by atoms with Gasteiger partial charge in [-0.1, -0.05) is 36.4 Å². The first-order valence-electron chi connectivity index (χ1n) is 13.3. The Kier molecular flexibility index (Phi) is 7.83. The number of hydrogen-bond acceptors (Lipinski definition) is 7. The molecule has 0 saturated heterocycles. The van der Waals surface area contributed by atoms with E-state index < -0.39 is 0 Å². The Labute approximate surface area is 222 Å². The third kappa shape index (κ3) is 6.28. The van der Waals surface area contributed by atoms with Crippen molar-refractivity contribution in [1.29, 1.82) is 0 Å². The quantitative estimate of drug-likeness (QED) is 0.235. The second-order valence-corrected chi connectivity index (χ2v) is 10.2. The van der Waals surface area contributed by atoms with Crippen LogP contribution in [0.1, 0.15) is 57.6 Å². The van der Waals surface area contributed by atoms with Crippen LogP contribution in [0.2, 0.25) is 0 Å². The Morgan fingerprint density at radius 3 is 2.55 bits per heavy atom. The maximum absolute atomic E-state index is 12.6. The highest BCUT2D eigenvalue weighted by atomic mass is 16.3. The number of rotatable bonds is 9. The number of carbonyl (C=O) groups excluding carboxylic acids is 1.